The van der Waals surface area contributed by atoms with Gasteiger partial charge in [-0.2, -0.15) is 0 Å². The lowest BCUT2D eigenvalue weighted by Crippen LogP contribution is -2.08. The normalized spacial score (nSPS) is 12.4. The third-order valence-corrected chi connectivity index (χ3v) is 3.78. The number of hydrogen-bond donors (Lipinski definition) is 1. The second-order valence-corrected chi connectivity index (χ2v) is 5.71. The molecule has 0 bridgehead atoms. The van der Waals surface area contributed by atoms with Crippen LogP contribution in [0.4, 0.5) is 0 Å². The zero-order valence-electron chi connectivity index (χ0n) is 9.12. The summed E-state index contributed by atoms with van der Waals surface area (Å²) in [5.41, 5.74) is 0. The largest absolute Gasteiger partial charge is 0.319 e. The fourth-order valence-electron chi connectivity index (χ4n) is 1.03. The van der Waals surface area contributed by atoms with Crippen molar-refractivity contribution in [1.29, 1.82) is 0 Å². The Hall–Kier alpha value is -0.350. The van der Waals surface area contributed by atoms with Crippen LogP contribution < -0.4 is 5.32 Å². The van der Waals surface area contributed by atoms with Crippen molar-refractivity contribution >= 4 is 9.84 Å². The molecule has 3 nitrogen and oxygen atoms in total. The monoisotopic (exact) mass is 219 g/mol. The Morgan fingerprint density at radius 2 is 1.86 bits per heavy atom. The number of allylic oxidation sites excluding steroid dienone is 1. The molecule has 0 aromatic rings. The van der Waals surface area contributed by atoms with E-state index in [4.69, 9.17) is 0 Å². The van der Waals surface area contributed by atoms with Crippen LogP contribution in [0.3, 0.4) is 0 Å². The molecule has 0 aliphatic rings. The maximum Gasteiger partial charge on any atom is 0.150 e. The molecule has 0 unspecified atom stereocenters. The number of sulfone groups is 1. The molecule has 0 aliphatic heterocycles. The van der Waals surface area contributed by atoms with Crippen molar-refractivity contribution in [2.24, 2.45) is 0 Å². The van der Waals surface area contributed by atoms with Gasteiger partial charge in [-0.15, -0.1) is 0 Å². The van der Waals surface area contributed by atoms with Crippen LogP contribution in [0.25, 0.3) is 0 Å². The van der Waals surface area contributed by atoms with Crippen molar-refractivity contribution < 1.29 is 8.42 Å². The molecule has 0 atom stereocenters. The van der Waals surface area contributed by atoms with Crippen molar-refractivity contribution in [3.05, 3.63) is 12.2 Å². The Balaban J connectivity index is 3.42. The molecule has 0 heterocycles. The third kappa shape index (κ3) is 8.26. The predicted octanol–water partition coefficient (Wildman–Crippen LogP) is 1.37. The molecule has 0 aliphatic carbocycles. The van der Waals surface area contributed by atoms with Gasteiger partial charge in [-0.05, 0) is 32.9 Å². The molecular formula is C10H21NO2S. The van der Waals surface area contributed by atoms with E-state index in [0.717, 1.165) is 25.8 Å². The highest BCUT2D eigenvalue weighted by Crippen LogP contribution is 1.98. The van der Waals surface area contributed by atoms with Crippen molar-refractivity contribution in [2.45, 2.75) is 26.2 Å². The molecule has 0 rings (SSSR count). The van der Waals surface area contributed by atoms with E-state index in [1.807, 2.05) is 7.05 Å². The Kier molecular flexibility index (Phi) is 7.80. The van der Waals surface area contributed by atoms with Gasteiger partial charge in [0.05, 0.1) is 5.75 Å². The van der Waals surface area contributed by atoms with Crippen LogP contribution in [-0.2, 0) is 9.84 Å². The Labute approximate surface area is 87.5 Å². The molecule has 0 amide bonds. The second kappa shape index (κ2) is 8.00. The van der Waals surface area contributed by atoms with Gasteiger partial charge in [0.1, 0.15) is 9.84 Å². The average Bonchev–Trinajstić information content (AvgIpc) is 2.16. The smallest absolute Gasteiger partial charge is 0.150 e. The fraction of sp³-hybridized carbons (Fsp3) is 0.800. The van der Waals surface area contributed by atoms with Crippen LogP contribution in [0.5, 0.6) is 0 Å². The molecule has 4 heteroatoms. The Bertz CT molecular complexity index is 245. The summed E-state index contributed by atoms with van der Waals surface area (Å²) in [6.45, 7) is 2.67. The first-order valence-corrected chi connectivity index (χ1v) is 6.94. The summed E-state index contributed by atoms with van der Waals surface area (Å²) in [5, 5.41) is 3.04. The highest BCUT2D eigenvalue weighted by Gasteiger charge is 2.04. The Morgan fingerprint density at radius 1 is 1.21 bits per heavy atom. The molecule has 14 heavy (non-hydrogen) atoms. The molecule has 84 valence electrons. The van der Waals surface area contributed by atoms with E-state index in [1.165, 1.54) is 0 Å². The van der Waals surface area contributed by atoms with E-state index in [1.54, 1.807) is 6.92 Å². The first-order valence-electron chi connectivity index (χ1n) is 5.12. The van der Waals surface area contributed by atoms with Crippen molar-refractivity contribution in [3.8, 4) is 0 Å². The summed E-state index contributed by atoms with van der Waals surface area (Å²) in [5.74, 6) is 0.580. The quantitative estimate of drug-likeness (QED) is 0.495. The lowest BCUT2D eigenvalue weighted by molar-refractivity contribution is 0.594. The van der Waals surface area contributed by atoms with E-state index in [-0.39, 0.29) is 5.75 Å². The SMILES string of the molecule is CCS(=O)(=O)CCCC=CCCNC. The van der Waals surface area contributed by atoms with Crippen LogP contribution >= 0.6 is 0 Å². The number of hydrogen-bond acceptors (Lipinski definition) is 3. The third-order valence-electron chi connectivity index (χ3n) is 1.99. The Morgan fingerprint density at radius 3 is 2.43 bits per heavy atom. The predicted molar refractivity (Wildman–Crippen MR) is 61.2 cm³/mol. The van der Waals surface area contributed by atoms with Gasteiger partial charge in [-0.25, -0.2) is 8.42 Å². The minimum atomic E-state index is -2.76. The van der Waals surface area contributed by atoms with Gasteiger partial charge in [-0.3, -0.25) is 0 Å². The highest BCUT2D eigenvalue weighted by molar-refractivity contribution is 7.91. The van der Waals surface area contributed by atoms with Crippen molar-refractivity contribution in [2.75, 3.05) is 25.1 Å². The van der Waals surface area contributed by atoms with Gasteiger partial charge in [0.25, 0.3) is 0 Å². The van der Waals surface area contributed by atoms with Gasteiger partial charge in [0, 0.05) is 5.75 Å². The summed E-state index contributed by atoms with van der Waals surface area (Å²) in [6.07, 6.45) is 6.77. The maximum atomic E-state index is 11.1. The first kappa shape index (κ1) is 13.7. The average molecular weight is 219 g/mol. The summed E-state index contributed by atoms with van der Waals surface area (Å²) >= 11 is 0. The molecule has 0 aromatic heterocycles. The second-order valence-electron chi connectivity index (χ2n) is 3.24. The first-order chi connectivity index (χ1) is 6.62. The minimum absolute atomic E-state index is 0.260. The summed E-state index contributed by atoms with van der Waals surface area (Å²) < 4.78 is 22.2. The van der Waals surface area contributed by atoms with Gasteiger partial charge < -0.3 is 5.32 Å². The van der Waals surface area contributed by atoms with Crippen LogP contribution in [0.15, 0.2) is 12.2 Å². The van der Waals surface area contributed by atoms with Crippen LogP contribution in [0.2, 0.25) is 0 Å². The molecule has 0 saturated heterocycles. The zero-order valence-corrected chi connectivity index (χ0v) is 9.94. The summed E-state index contributed by atoms with van der Waals surface area (Å²) in [4.78, 5) is 0. The molecule has 0 spiro atoms. The lowest BCUT2D eigenvalue weighted by Gasteiger charge is -1.98. The molecule has 0 aromatic carbocycles. The van der Waals surface area contributed by atoms with E-state index in [0.29, 0.717) is 5.75 Å². The molecule has 1 N–H and O–H groups in total. The number of rotatable bonds is 8. The van der Waals surface area contributed by atoms with E-state index >= 15 is 0 Å². The van der Waals surface area contributed by atoms with Gasteiger partial charge >= 0.3 is 0 Å². The number of nitrogens with one attached hydrogen (secondary N) is 1. The number of unbranched alkanes of at least 4 members (excludes halogenated alkanes) is 1. The highest BCUT2D eigenvalue weighted by atomic mass is 32.2. The molecule has 0 fully saturated rings. The van der Waals surface area contributed by atoms with Gasteiger partial charge in [-0.1, -0.05) is 19.1 Å². The zero-order chi connectivity index (χ0) is 10.9. The van der Waals surface area contributed by atoms with Crippen molar-refractivity contribution in [1.82, 2.24) is 5.32 Å². The van der Waals surface area contributed by atoms with E-state index < -0.39 is 9.84 Å². The lowest BCUT2D eigenvalue weighted by atomic mass is 10.3. The summed E-state index contributed by atoms with van der Waals surface area (Å²) in [6, 6.07) is 0. The topological polar surface area (TPSA) is 46.2 Å². The van der Waals surface area contributed by atoms with Gasteiger partial charge in [0.2, 0.25) is 0 Å². The standard InChI is InChI=1S/C10H21NO2S/c1-3-14(12,13)10-8-6-4-5-7-9-11-2/h4-5,11H,3,6-10H2,1-2H3. The fourth-order valence-corrected chi connectivity index (χ4v) is 1.92. The summed E-state index contributed by atoms with van der Waals surface area (Å²) in [7, 11) is -0.845. The molecule has 0 saturated carbocycles. The maximum absolute atomic E-state index is 11.1. The van der Waals surface area contributed by atoms with Crippen LogP contribution in [0, 0.1) is 0 Å². The van der Waals surface area contributed by atoms with E-state index in [2.05, 4.69) is 17.5 Å². The molecule has 0 radical (unpaired) electrons. The van der Waals surface area contributed by atoms with Gasteiger partial charge in [0.15, 0.2) is 0 Å². The van der Waals surface area contributed by atoms with Crippen LogP contribution in [0.1, 0.15) is 26.2 Å². The van der Waals surface area contributed by atoms with Crippen LogP contribution in [-0.4, -0.2) is 33.5 Å². The molecular weight excluding hydrogens is 198 g/mol. The van der Waals surface area contributed by atoms with Crippen molar-refractivity contribution in [3.63, 3.8) is 0 Å². The van der Waals surface area contributed by atoms with E-state index in [9.17, 15) is 8.42 Å². The minimum Gasteiger partial charge on any atom is -0.319 e.